The van der Waals surface area contributed by atoms with Crippen molar-refractivity contribution >= 4 is 5.97 Å². The summed E-state index contributed by atoms with van der Waals surface area (Å²) in [6, 6.07) is 3.00. The second kappa shape index (κ2) is 5.05. The average molecular weight is 224 g/mol. The SMILES string of the molecule is O=C(O)c1ccc(OC2CCCCCC2)o1. The summed E-state index contributed by atoms with van der Waals surface area (Å²) in [4.78, 5) is 10.6. The fourth-order valence-electron chi connectivity index (χ4n) is 2.02. The summed E-state index contributed by atoms with van der Waals surface area (Å²) in [5.41, 5.74) is 0. The molecule has 1 aliphatic carbocycles. The van der Waals surface area contributed by atoms with Crippen LogP contribution >= 0.6 is 0 Å². The second-order valence-corrected chi connectivity index (χ2v) is 4.16. The van der Waals surface area contributed by atoms with Gasteiger partial charge in [-0.3, -0.25) is 0 Å². The van der Waals surface area contributed by atoms with Gasteiger partial charge in [-0.05, 0) is 31.7 Å². The van der Waals surface area contributed by atoms with E-state index in [2.05, 4.69) is 0 Å². The maximum absolute atomic E-state index is 10.6. The topological polar surface area (TPSA) is 59.7 Å². The van der Waals surface area contributed by atoms with Crippen LogP contribution in [0.2, 0.25) is 0 Å². The fourth-order valence-corrected chi connectivity index (χ4v) is 2.02. The molecule has 4 nitrogen and oxygen atoms in total. The van der Waals surface area contributed by atoms with Gasteiger partial charge in [-0.15, -0.1) is 0 Å². The van der Waals surface area contributed by atoms with Gasteiger partial charge in [0.15, 0.2) is 0 Å². The number of aromatic carboxylic acids is 1. The molecule has 1 fully saturated rings. The average Bonchev–Trinajstić information content (AvgIpc) is 2.56. The van der Waals surface area contributed by atoms with Gasteiger partial charge in [0.2, 0.25) is 5.76 Å². The molecule has 0 atom stereocenters. The Morgan fingerprint density at radius 2 is 1.94 bits per heavy atom. The molecule has 2 rings (SSSR count). The summed E-state index contributed by atoms with van der Waals surface area (Å²) in [5.74, 6) is -0.802. The summed E-state index contributed by atoms with van der Waals surface area (Å²) < 4.78 is 10.7. The van der Waals surface area contributed by atoms with Crippen LogP contribution < -0.4 is 4.74 Å². The van der Waals surface area contributed by atoms with E-state index in [4.69, 9.17) is 14.3 Å². The first kappa shape index (κ1) is 11.0. The maximum Gasteiger partial charge on any atom is 0.371 e. The Hall–Kier alpha value is -1.45. The lowest BCUT2D eigenvalue weighted by Crippen LogP contribution is -2.14. The number of hydrogen-bond acceptors (Lipinski definition) is 3. The van der Waals surface area contributed by atoms with Crippen molar-refractivity contribution in [3.63, 3.8) is 0 Å². The van der Waals surface area contributed by atoms with E-state index in [0.29, 0.717) is 5.95 Å². The third-order valence-electron chi connectivity index (χ3n) is 2.88. The molecule has 1 aromatic rings. The Morgan fingerprint density at radius 1 is 1.25 bits per heavy atom. The molecule has 0 aliphatic heterocycles. The third kappa shape index (κ3) is 2.78. The molecule has 0 amide bonds. The van der Waals surface area contributed by atoms with Crippen molar-refractivity contribution in [3.8, 4) is 5.95 Å². The number of carboxylic acid groups (broad SMARTS) is 1. The van der Waals surface area contributed by atoms with E-state index in [1.54, 1.807) is 6.07 Å². The first-order chi connectivity index (χ1) is 7.75. The highest BCUT2D eigenvalue weighted by Gasteiger charge is 2.16. The van der Waals surface area contributed by atoms with E-state index < -0.39 is 5.97 Å². The predicted octanol–water partition coefficient (Wildman–Crippen LogP) is 3.08. The summed E-state index contributed by atoms with van der Waals surface area (Å²) in [5, 5.41) is 8.70. The molecule has 4 heteroatoms. The quantitative estimate of drug-likeness (QED) is 0.801. The highest BCUT2D eigenvalue weighted by molar-refractivity contribution is 5.84. The Morgan fingerprint density at radius 3 is 2.50 bits per heavy atom. The minimum absolute atomic E-state index is 0.0661. The Labute approximate surface area is 94.2 Å². The summed E-state index contributed by atoms with van der Waals surface area (Å²) in [6.07, 6.45) is 7.12. The lowest BCUT2D eigenvalue weighted by Gasteiger charge is -2.13. The summed E-state index contributed by atoms with van der Waals surface area (Å²) in [6.45, 7) is 0. The monoisotopic (exact) mass is 224 g/mol. The molecule has 0 radical (unpaired) electrons. The third-order valence-corrected chi connectivity index (χ3v) is 2.88. The summed E-state index contributed by atoms with van der Waals surface area (Å²) in [7, 11) is 0. The number of rotatable bonds is 3. The van der Waals surface area contributed by atoms with Crippen LogP contribution in [0.3, 0.4) is 0 Å². The van der Waals surface area contributed by atoms with E-state index in [0.717, 1.165) is 12.8 Å². The van der Waals surface area contributed by atoms with Crippen molar-refractivity contribution in [2.45, 2.75) is 44.6 Å². The largest absolute Gasteiger partial charge is 0.475 e. The second-order valence-electron chi connectivity index (χ2n) is 4.16. The van der Waals surface area contributed by atoms with E-state index >= 15 is 0 Å². The van der Waals surface area contributed by atoms with Crippen LogP contribution in [0.1, 0.15) is 49.1 Å². The van der Waals surface area contributed by atoms with Gasteiger partial charge >= 0.3 is 5.97 Å². The van der Waals surface area contributed by atoms with E-state index in [1.165, 1.54) is 31.7 Å². The van der Waals surface area contributed by atoms with Gasteiger partial charge in [-0.1, -0.05) is 12.8 Å². The maximum atomic E-state index is 10.6. The predicted molar refractivity (Wildman–Crippen MR) is 57.8 cm³/mol. The minimum Gasteiger partial charge on any atom is -0.475 e. The van der Waals surface area contributed by atoms with Gasteiger partial charge < -0.3 is 14.3 Å². The van der Waals surface area contributed by atoms with Crippen LogP contribution in [-0.2, 0) is 0 Å². The molecule has 0 spiro atoms. The molecule has 0 unspecified atom stereocenters. The molecule has 1 aliphatic rings. The van der Waals surface area contributed by atoms with Crippen LogP contribution in [0, 0.1) is 0 Å². The van der Waals surface area contributed by atoms with Crippen LogP contribution in [0.25, 0.3) is 0 Å². The van der Waals surface area contributed by atoms with Gasteiger partial charge in [0.1, 0.15) is 6.10 Å². The van der Waals surface area contributed by atoms with Crippen LogP contribution in [-0.4, -0.2) is 17.2 Å². The van der Waals surface area contributed by atoms with Crippen molar-refractivity contribution in [1.82, 2.24) is 0 Å². The Kier molecular flexibility index (Phi) is 3.49. The van der Waals surface area contributed by atoms with E-state index in [9.17, 15) is 4.79 Å². The lowest BCUT2D eigenvalue weighted by molar-refractivity contribution is 0.0643. The normalized spacial score (nSPS) is 18.0. The summed E-state index contributed by atoms with van der Waals surface area (Å²) >= 11 is 0. The van der Waals surface area contributed by atoms with Crippen molar-refractivity contribution in [3.05, 3.63) is 17.9 Å². The van der Waals surface area contributed by atoms with E-state index in [-0.39, 0.29) is 11.9 Å². The van der Waals surface area contributed by atoms with Crippen molar-refractivity contribution < 1.29 is 19.1 Å². The number of hydrogen-bond donors (Lipinski definition) is 1. The molecule has 1 saturated carbocycles. The standard InChI is InChI=1S/C12H16O4/c13-12(14)10-7-8-11(16-10)15-9-5-3-1-2-4-6-9/h7-9H,1-6H2,(H,13,14). The molecular formula is C12H16O4. The first-order valence-electron chi connectivity index (χ1n) is 5.75. The number of ether oxygens (including phenoxy) is 1. The minimum atomic E-state index is -1.06. The van der Waals surface area contributed by atoms with Crippen LogP contribution in [0.15, 0.2) is 16.5 Å². The molecule has 0 saturated heterocycles. The van der Waals surface area contributed by atoms with Crippen LogP contribution in [0.4, 0.5) is 0 Å². The van der Waals surface area contributed by atoms with Gasteiger partial charge in [0.05, 0.1) is 0 Å². The first-order valence-corrected chi connectivity index (χ1v) is 5.75. The molecule has 88 valence electrons. The zero-order chi connectivity index (χ0) is 11.4. The zero-order valence-corrected chi connectivity index (χ0v) is 9.15. The number of carboxylic acids is 1. The van der Waals surface area contributed by atoms with Crippen LogP contribution in [0.5, 0.6) is 5.95 Å². The van der Waals surface area contributed by atoms with Gasteiger partial charge in [0.25, 0.3) is 5.95 Å². The lowest BCUT2D eigenvalue weighted by atomic mass is 10.1. The fraction of sp³-hybridized carbons (Fsp3) is 0.583. The Balaban J connectivity index is 1.94. The Bertz CT molecular complexity index is 348. The van der Waals surface area contributed by atoms with Gasteiger partial charge in [0, 0.05) is 6.07 Å². The van der Waals surface area contributed by atoms with Crippen molar-refractivity contribution in [1.29, 1.82) is 0 Å². The van der Waals surface area contributed by atoms with Gasteiger partial charge in [-0.25, -0.2) is 4.79 Å². The highest BCUT2D eigenvalue weighted by atomic mass is 16.6. The molecule has 0 aromatic carbocycles. The number of carbonyl (C=O) groups is 1. The molecule has 1 aromatic heterocycles. The highest BCUT2D eigenvalue weighted by Crippen LogP contribution is 2.24. The van der Waals surface area contributed by atoms with Gasteiger partial charge in [-0.2, -0.15) is 0 Å². The molecule has 1 N–H and O–H groups in total. The molecule has 16 heavy (non-hydrogen) atoms. The van der Waals surface area contributed by atoms with Crippen molar-refractivity contribution in [2.75, 3.05) is 0 Å². The van der Waals surface area contributed by atoms with E-state index in [1.807, 2.05) is 0 Å². The zero-order valence-electron chi connectivity index (χ0n) is 9.15. The molecule has 1 heterocycles. The number of furan rings is 1. The van der Waals surface area contributed by atoms with Crippen molar-refractivity contribution in [2.24, 2.45) is 0 Å². The smallest absolute Gasteiger partial charge is 0.371 e. The molecular weight excluding hydrogens is 208 g/mol. The molecule has 0 bridgehead atoms.